The molecule has 2 N–H and O–H groups in total. The number of carbonyl (C=O) groups excluding carboxylic acids is 1. The summed E-state index contributed by atoms with van der Waals surface area (Å²) >= 11 is 0. The number of fused-ring (bicyclic) bond motifs is 1. The van der Waals surface area contributed by atoms with Gasteiger partial charge in [0, 0.05) is 12.1 Å². The molecular formula is C14H13BF3NO5. The monoisotopic (exact) mass is 343 g/mol. The van der Waals surface area contributed by atoms with Crippen LogP contribution in [-0.4, -0.2) is 46.6 Å². The van der Waals surface area contributed by atoms with Gasteiger partial charge in [0.1, 0.15) is 6.04 Å². The lowest BCUT2D eigenvalue weighted by molar-refractivity contribution is -0.141. The van der Waals surface area contributed by atoms with Crippen LogP contribution in [0, 0.1) is 0 Å². The highest BCUT2D eigenvalue weighted by atomic mass is 19.4. The molecule has 1 aromatic carbocycles. The van der Waals surface area contributed by atoms with Gasteiger partial charge in [-0.2, -0.15) is 13.2 Å². The number of alkyl halides is 3. The summed E-state index contributed by atoms with van der Waals surface area (Å²) in [7, 11) is -1.54. The fraction of sp³-hybridized carbons (Fsp3) is 0.429. The molecule has 1 aromatic rings. The third-order valence-electron chi connectivity index (χ3n) is 4.29. The molecule has 2 aliphatic rings. The quantitative estimate of drug-likeness (QED) is 0.769. The van der Waals surface area contributed by atoms with Gasteiger partial charge in [0.15, 0.2) is 0 Å². The van der Waals surface area contributed by atoms with Crippen LogP contribution in [0.3, 0.4) is 0 Å². The summed E-state index contributed by atoms with van der Waals surface area (Å²) in [6.45, 7) is -0.241. The third kappa shape index (κ3) is 2.75. The number of rotatable bonds is 2. The molecule has 0 aliphatic carbocycles. The smallest absolute Gasteiger partial charge is 0.480 e. The molecule has 6 nitrogen and oxygen atoms in total. The van der Waals surface area contributed by atoms with Crippen molar-refractivity contribution in [3.63, 3.8) is 0 Å². The van der Waals surface area contributed by atoms with Crippen LogP contribution in [0.25, 0.3) is 0 Å². The number of amides is 1. The van der Waals surface area contributed by atoms with Gasteiger partial charge < -0.3 is 19.7 Å². The first-order valence-corrected chi connectivity index (χ1v) is 7.27. The largest absolute Gasteiger partial charge is 0.491 e. The van der Waals surface area contributed by atoms with E-state index in [-0.39, 0.29) is 29.6 Å². The van der Waals surface area contributed by atoms with Gasteiger partial charge in [-0.3, -0.25) is 4.79 Å². The minimum Gasteiger partial charge on any atom is -0.480 e. The van der Waals surface area contributed by atoms with Gasteiger partial charge in [0.05, 0.1) is 12.2 Å². The van der Waals surface area contributed by atoms with E-state index in [0.29, 0.717) is 12.5 Å². The second kappa shape index (κ2) is 5.78. The Morgan fingerprint density at radius 3 is 2.67 bits per heavy atom. The summed E-state index contributed by atoms with van der Waals surface area (Å²) in [4.78, 5) is 24.7. The van der Waals surface area contributed by atoms with Crippen LogP contribution >= 0.6 is 0 Å². The van der Waals surface area contributed by atoms with Crippen LogP contribution in [0.2, 0.25) is 0 Å². The van der Waals surface area contributed by atoms with Gasteiger partial charge in [0.2, 0.25) is 0 Å². The van der Waals surface area contributed by atoms with E-state index in [0.717, 1.165) is 11.0 Å². The molecule has 0 spiro atoms. The molecule has 1 saturated heterocycles. The molecular weight excluding hydrogens is 330 g/mol. The fourth-order valence-electron chi connectivity index (χ4n) is 3.14. The number of hydrogen-bond donors (Lipinski definition) is 2. The summed E-state index contributed by atoms with van der Waals surface area (Å²) < 4.78 is 44.5. The number of likely N-dealkylation sites (tertiary alicyclic amines) is 1. The second-order valence-electron chi connectivity index (χ2n) is 5.75. The number of nitrogens with zero attached hydrogens (tertiary/aromatic N) is 1. The van der Waals surface area contributed by atoms with Crippen molar-refractivity contribution in [2.24, 2.45) is 0 Å². The Kier molecular flexibility index (Phi) is 4.04. The first-order valence-electron chi connectivity index (χ1n) is 7.27. The molecule has 2 heterocycles. The van der Waals surface area contributed by atoms with Gasteiger partial charge in [-0.15, -0.1) is 0 Å². The Bertz CT molecular complexity index is 708. The predicted octanol–water partition coefficient (Wildman–Crippen LogP) is 0.612. The molecule has 24 heavy (non-hydrogen) atoms. The maximum Gasteiger partial charge on any atom is 0.491 e. The van der Waals surface area contributed by atoms with Crippen LogP contribution in [0.15, 0.2) is 12.1 Å². The topological polar surface area (TPSA) is 87.1 Å². The summed E-state index contributed by atoms with van der Waals surface area (Å²) in [5, 5.41) is 18.8. The third-order valence-corrected chi connectivity index (χ3v) is 4.29. The highest BCUT2D eigenvalue weighted by Gasteiger charge is 2.42. The number of carbonyl (C=O) groups is 2. The van der Waals surface area contributed by atoms with Gasteiger partial charge in [-0.05, 0) is 36.0 Å². The zero-order valence-corrected chi connectivity index (χ0v) is 12.3. The molecule has 10 heteroatoms. The lowest BCUT2D eigenvalue weighted by atomic mass is 9.77. The molecule has 0 bridgehead atoms. The maximum atomic E-state index is 13.2. The molecule has 0 saturated carbocycles. The Labute approximate surface area is 135 Å². The van der Waals surface area contributed by atoms with E-state index in [1.165, 1.54) is 0 Å². The van der Waals surface area contributed by atoms with Crippen molar-refractivity contribution in [2.75, 3.05) is 6.54 Å². The SMILES string of the molecule is O=C(O)[C@@H]1CCCN1C(=O)c1cc2c(c(C(F)(F)F)c1)COB2O. The standard InChI is InChI=1S/C14H13BF3NO5/c16-14(17,18)9-4-7(5-10-8(9)6-24-15(10)23)12(20)19-3-1-2-11(19)13(21)22/h4-5,11,23H,1-3,6H2,(H,21,22)/t11-/m0/s1. The molecule has 3 rings (SSSR count). The Balaban J connectivity index is 2.04. The van der Waals surface area contributed by atoms with Gasteiger partial charge in [-0.25, -0.2) is 4.79 Å². The number of carboxylic acid groups (broad SMARTS) is 1. The first-order chi connectivity index (χ1) is 11.2. The molecule has 0 radical (unpaired) electrons. The van der Waals surface area contributed by atoms with Crippen LogP contribution in [-0.2, 0) is 22.2 Å². The first kappa shape index (κ1) is 16.8. The van der Waals surface area contributed by atoms with Crippen LogP contribution in [0.5, 0.6) is 0 Å². The average Bonchev–Trinajstić information content (AvgIpc) is 3.12. The number of hydrogen-bond acceptors (Lipinski definition) is 4. The van der Waals surface area contributed by atoms with E-state index in [4.69, 9.17) is 9.76 Å². The predicted molar refractivity (Wildman–Crippen MR) is 75.5 cm³/mol. The summed E-state index contributed by atoms with van der Waals surface area (Å²) in [5.41, 5.74) is -1.67. The summed E-state index contributed by atoms with van der Waals surface area (Å²) in [6, 6.07) is 0.781. The lowest BCUT2D eigenvalue weighted by Crippen LogP contribution is -2.41. The van der Waals surface area contributed by atoms with Crippen molar-refractivity contribution in [1.82, 2.24) is 4.90 Å². The average molecular weight is 343 g/mol. The number of carboxylic acids is 1. The van der Waals surface area contributed by atoms with E-state index in [9.17, 15) is 27.8 Å². The van der Waals surface area contributed by atoms with Crippen molar-refractivity contribution in [1.29, 1.82) is 0 Å². The van der Waals surface area contributed by atoms with Gasteiger partial charge in [-0.1, -0.05) is 0 Å². The Morgan fingerprint density at radius 1 is 1.33 bits per heavy atom. The number of halogens is 3. The fourth-order valence-corrected chi connectivity index (χ4v) is 3.14. The van der Waals surface area contributed by atoms with E-state index < -0.39 is 43.4 Å². The zero-order chi connectivity index (χ0) is 17.6. The van der Waals surface area contributed by atoms with Crippen molar-refractivity contribution in [3.05, 3.63) is 28.8 Å². The highest BCUT2D eigenvalue weighted by Crippen LogP contribution is 2.34. The van der Waals surface area contributed by atoms with Crippen molar-refractivity contribution in [2.45, 2.75) is 31.7 Å². The van der Waals surface area contributed by atoms with E-state index in [1.54, 1.807) is 0 Å². The lowest BCUT2D eigenvalue weighted by Gasteiger charge is -2.22. The minimum atomic E-state index is -4.72. The van der Waals surface area contributed by atoms with E-state index in [1.807, 2.05) is 0 Å². The molecule has 0 unspecified atom stereocenters. The van der Waals surface area contributed by atoms with Gasteiger partial charge >= 0.3 is 19.3 Å². The van der Waals surface area contributed by atoms with Crippen molar-refractivity contribution >= 4 is 24.5 Å². The Morgan fingerprint density at radius 2 is 2.04 bits per heavy atom. The van der Waals surface area contributed by atoms with Gasteiger partial charge in [0.25, 0.3) is 5.91 Å². The molecule has 1 amide bonds. The minimum absolute atomic E-state index is 0.112. The zero-order valence-electron chi connectivity index (χ0n) is 12.3. The normalized spacial score (nSPS) is 20.4. The maximum absolute atomic E-state index is 13.2. The highest BCUT2D eigenvalue weighted by molar-refractivity contribution is 6.61. The number of aliphatic carboxylic acids is 1. The van der Waals surface area contributed by atoms with Crippen LogP contribution in [0.1, 0.15) is 34.3 Å². The summed E-state index contributed by atoms with van der Waals surface area (Å²) in [6.07, 6.45) is -4.00. The van der Waals surface area contributed by atoms with Crippen LogP contribution < -0.4 is 5.46 Å². The van der Waals surface area contributed by atoms with Crippen LogP contribution in [0.4, 0.5) is 13.2 Å². The second-order valence-corrected chi connectivity index (χ2v) is 5.75. The molecule has 1 fully saturated rings. The van der Waals surface area contributed by atoms with E-state index >= 15 is 0 Å². The molecule has 0 aromatic heterocycles. The molecule has 2 aliphatic heterocycles. The number of benzene rings is 1. The van der Waals surface area contributed by atoms with E-state index in [2.05, 4.69) is 0 Å². The molecule has 128 valence electrons. The molecule has 1 atom stereocenters. The Hall–Kier alpha value is -2.07. The summed E-state index contributed by atoms with van der Waals surface area (Å²) in [5.74, 6) is -1.99. The van der Waals surface area contributed by atoms with Crippen molar-refractivity contribution in [3.8, 4) is 0 Å². The van der Waals surface area contributed by atoms with Crippen molar-refractivity contribution < 1.29 is 37.5 Å².